The molecule has 0 fully saturated rings. The minimum atomic E-state index is -5.01. The zero-order chi connectivity index (χ0) is 23.7. The molecule has 0 bridgehead atoms. The summed E-state index contributed by atoms with van der Waals surface area (Å²) in [5, 5.41) is 17.2. The third-order valence-corrected chi connectivity index (χ3v) is 4.36. The monoisotopic (exact) mass is 459 g/mol. The van der Waals surface area contributed by atoms with Crippen LogP contribution in [0.4, 0.5) is 26.3 Å². The number of benzene rings is 1. The van der Waals surface area contributed by atoms with Gasteiger partial charge in [-0.3, -0.25) is 4.68 Å². The van der Waals surface area contributed by atoms with Gasteiger partial charge in [-0.1, -0.05) is 0 Å². The number of carbonyl (C=O) groups is 1. The lowest BCUT2D eigenvalue weighted by atomic mass is 10.0. The lowest BCUT2D eigenvalue weighted by Crippen LogP contribution is -2.11. The van der Waals surface area contributed by atoms with Crippen molar-refractivity contribution in [1.82, 2.24) is 24.5 Å². The first-order valence-corrected chi connectivity index (χ1v) is 8.95. The zero-order valence-electron chi connectivity index (χ0n) is 16.3. The highest BCUT2D eigenvalue weighted by atomic mass is 19.4. The highest BCUT2D eigenvalue weighted by Gasteiger charge is 2.37. The molecule has 0 radical (unpaired) electrons. The maximum absolute atomic E-state index is 13.1. The number of aryl methyl sites for hydroxylation is 2. The smallest absolute Gasteiger partial charge is 0.416 e. The first kappa shape index (κ1) is 23.0. The number of carboxylic acid groups (broad SMARTS) is 1. The quantitative estimate of drug-likeness (QED) is 0.440. The molecular weight excluding hydrogens is 444 g/mol. The van der Waals surface area contributed by atoms with Gasteiger partial charge in [0.25, 0.3) is 0 Å². The molecule has 32 heavy (non-hydrogen) atoms. The molecule has 1 aromatic carbocycles. The van der Waals surface area contributed by atoms with E-state index in [9.17, 15) is 36.2 Å². The number of rotatable bonds is 6. The lowest BCUT2D eigenvalue weighted by Gasteiger charge is -2.13. The molecule has 0 unspecified atom stereocenters. The van der Waals surface area contributed by atoms with Crippen molar-refractivity contribution in [3.63, 3.8) is 0 Å². The summed E-state index contributed by atoms with van der Waals surface area (Å²) in [6.45, 7) is 0. The van der Waals surface area contributed by atoms with Crippen LogP contribution in [0.1, 0.15) is 23.1 Å². The van der Waals surface area contributed by atoms with Gasteiger partial charge in [0.15, 0.2) is 5.82 Å². The zero-order valence-corrected chi connectivity index (χ0v) is 16.3. The molecule has 13 heteroatoms. The van der Waals surface area contributed by atoms with Gasteiger partial charge in [0.2, 0.25) is 0 Å². The fourth-order valence-corrected chi connectivity index (χ4v) is 2.82. The molecule has 0 spiro atoms. The third-order valence-electron chi connectivity index (χ3n) is 4.36. The second-order valence-electron chi connectivity index (χ2n) is 6.82. The SMILES string of the molecule is Cn1cc(CC/C(=C\n2cnc(-c3cc(C(F)(F)F)cc(C(F)(F)F)c3)n2)C(=O)O)cn1. The van der Waals surface area contributed by atoms with Crippen molar-refractivity contribution in [3.05, 3.63) is 59.2 Å². The summed E-state index contributed by atoms with van der Waals surface area (Å²) in [4.78, 5) is 15.2. The molecule has 7 nitrogen and oxygen atoms in total. The summed E-state index contributed by atoms with van der Waals surface area (Å²) in [7, 11) is 1.70. The van der Waals surface area contributed by atoms with Crippen LogP contribution in [0, 0.1) is 0 Å². The summed E-state index contributed by atoms with van der Waals surface area (Å²) in [6.07, 6.45) is -4.24. The number of alkyl halides is 6. The van der Waals surface area contributed by atoms with E-state index in [4.69, 9.17) is 0 Å². The summed E-state index contributed by atoms with van der Waals surface area (Å²) in [5.41, 5.74) is -2.83. The van der Waals surface area contributed by atoms with Crippen LogP contribution in [-0.2, 0) is 30.6 Å². The second-order valence-corrected chi connectivity index (χ2v) is 6.82. The van der Waals surface area contributed by atoms with Crippen LogP contribution in [0.15, 0.2) is 42.5 Å². The van der Waals surface area contributed by atoms with Gasteiger partial charge in [-0.2, -0.15) is 31.4 Å². The molecule has 0 amide bonds. The number of halogens is 6. The Balaban J connectivity index is 1.91. The van der Waals surface area contributed by atoms with Gasteiger partial charge in [-0.15, -0.1) is 5.10 Å². The highest BCUT2D eigenvalue weighted by molar-refractivity contribution is 5.90. The summed E-state index contributed by atoms with van der Waals surface area (Å²) < 4.78 is 80.8. The maximum Gasteiger partial charge on any atom is 0.416 e. The molecule has 170 valence electrons. The van der Waals surface area contributed by atoms with Gasteiger partial charge in [0, 0.05) is 25.0 Å². The van der Waals surface area contributed by atoms with Crippen molar-refractivity contribution >= 4 is 12.2 Å². The molecule has 0 aliphatic rings. The summed E-state index contributed by atoms with van der Waals surface area (Å²) in [6, 6.07) is 1.000. The van der Waals surface area contributed by atoms with E-state index in [0.717, 1.165) is 22.8 Å². The highest BCUT2D eigenvalue weighted by Crippen LogP contribution is 2.38. The van der Waals surface area contributed by atoms with Gasteiger partial charge >= 0.3 is 18.3 Å². The second kappa shape index (κ2) is 8.48. The Morgan fingerprint density at radius 2 is 1.72 bits per heavy atom. The summed E-state index contributed by atoms with van der Waals surface area (Å²) in [5.74, 6) is -1.68. The standard InChI is InChI=1S/C19H15F6N5O2/c1-29-8-11(7-27-29)2-3-12(17(31)32)9-30-10-26-16(28-30)13-4-14(18(20,21)22)6-15(5-13)19(23,24)25/h4-10H,2-3H2,1H3,(H,31,32)/b12-9+. The molecule has 2 heterocycles. The Hall–Kier alpha value is -3.64. The fourth-order valence-electron chi connectivity index (χ4n) is 2.82. The molecule has 3 aromatic rings. The van der Waals surface area contributed by atoms with E-state index in [1.54, 1.807) is 24.1 Å². The number of hydrogen-bond donors (Lipinski definition) is 1. The van der Waals surface area contributed by atoms with Crippen molar-refractivity contribution in [3.8, 4) is 11.4 Å². The average Bonchev–Trinajstić information content (AvgIpc) is 3.32. The van der Waals surface area contributed by atoms with Crippen molar-refractivity contribution in [2.24, 2.45) is 7.05 Å². The van der Waals surface area contributed by atoms with Gasteiger partial charge in [0.1, 0.15) is 6.33 Å². The van der Waals surface area contributed by atoms with Gasteiger partial charge in [-0.25, -0.2) is 14.5 Å². The van der Waals surface area contributed by atoms with E-state index < -0.39 is 40.8 Å². The van der Waals surface area contributed by atoms with Crippen LogP contribution in [0.25, 0.3) is 17.6 Å². The number of carboxylic acids is 1. The van der Waals surface area contributed by atoms with Gasteiger partial charge in [-0.05, 0) is 36.6 Å². The van der Waals surface area contributed by atoms with Crippen molar-refractivity contribution in [1.29, 1.82) is 0 Å². The number of hydrogen-bond acceptors (Lipinski definition) is 4. The molecule has 2 aromatic heterocycles. The fraction of sp³-hybridized carbons (Fsp3) is 0.263. The first-order chi connectivity index (χ1) is 14.8. The molecule has 1 N–H and O–H groups in total. The Morgan fingerprint density at radius 1 is 1.09 bits per heavy atom. The Kier molecular flexibility index (Phi) is 6.10. The van der Waals surface area contributed by atoms with Crippen LogP contribution in [0.2, 0.25) is 0 Å². The maximum atomic E-state index is 13.1. The predicted octanol–water partition coefficient (Wildman–Crippen LogP) is 4.27. The number of aromatic nitrogens is 5. The molecule has 3 rings (SSSR count). The molecular formula is C19H15F6N5O2. The van der Waals surface area contributed by atoms with Crippen molar-refractivity contribution in [2.75, 3.05) is 0 Å². The van der Waals surface area contributed by atoms with Gasteiger partial charge < -0.3 is 5.11 Å². The topological polar surface area (TPSA) is 85.8 Å². The van der Waals surface area contributed by atoms with E-state index in [1.807, 2.05) is 0 Å². The van der Waals surface area contributed by atoms with E-state index in [2.05, 4.69) is 15.2 Å². The van der Waals surface area contributed by atoms with Crippen LogP contribution < -0.4 is 0 Å². The van der Waals surface area contributed by atoms with Crippen molar-refractivity contribution < 1.29 is 36.2 Å². The third kappa shape index (κ3) is 5.53. The summed E-state index contributed by atoms with van der Waals surface area (Å²) >= 11 is 0. The predicted molar refractivity (Wildman–Crippen MR) is 98.9 cm³/mol. The number of aliphatic carboxylic acids is 1. The minimum Gasteiger partial charge on any atom is -0.478 e. The molecule has 0 aliphatic carbocycles. The molecule has 0 saturated carbocycles. The molecule has 0 saturated heterocycles. The number of nitrogens with zero attached hydrogens (tertiary/aromatic N) is 5. The molecule has 0 atom stereocenters. The largest absolute Gasteiger partial charge is 0.478 e. The van der Waals surface area contributed by atoms with Crippen LogP contribution >= 0.6 is 0 Å². The van der Waals surface area contributed by atoms with Crippen LogP contribution in [0.3, 0.4) is 0 Å². The van der Waals surface area contributed by atoms with E-state index in [1.165, 1.54) is 0 Å². The average molecular weight is 459 g/mol. The first-order valence-electron chi connectivity index (χ1n) is 8.95. The van der Waals surface area contributed by atoms with Crippen LogP contribution in [-0.4, -0.2) is 35.6 Å². The van der Waals surface area contributed by atoms with Crippen molar-refractivity contribution in [2.45, 2.75) is 25.2 Å². The Morgan fingerprint density at radius 3 is 2.22 bits per heavy atom. The Labute approximate surface area is 176 Å². The Bertz CT molecular complexity index is 1130. The van der Waals surface area contributed by atoms with E-state index >= 15 is 0 Å². The normalized spacial score (nSPS) is 12.9. The van der Waals surface area contributed by atoms with E-state index in [0.29, 0.717) is 18.6 Å². The van der Waals surface area contributed by atoms with E-state index in [-0.39, 0.29) is 18.1 Å². The lowest BCUT2D eigenvalue weighted by molar-refractivity contribution is -0.143. The van der Waals surface area contributed by atoms with Crippen LogP contribution in [0.5, 0.6) is 0 Å². The van der Waals surface area contributed by atoms with Gasteiger partial charge in [0.05, 0.1) is 22.9 Å². The minimum absolute atomic E-state index is 0.00136. The molecule has 0 aliphatic heterocycles.